The standard InChI is InChI=1S/C22H22BrN3O2/c1-14-16-10-9-15(12-21(27)28-22(2,3)4)11-20(16)26(25-14)13-17-18(23)7-6-8-19(17)24-5/h6-11H,12-13H2,1-4H3. The zero-order valence-corrected chi connectivity index (χ0v) is 18.0. The monoisotopic (exact) mass is 439 g/mol. The Morgan fingerprint density at radius 1 is 1.29 bits per heavy atom. The van der Waals surface area contributed by atoms with E-state index in [0.29, 0.717) is 12.2 Å². The zero-order chi connectivity index (χ0) is 20.5. The maximum atomic E-state index is 12.2. The molecule has 3 aromatic rings. The highest BCUT2D eigenvalue weighted by molar-refractivity contribution is 9.10. The van der Waals surface area contributed by atoms with E-state index in [9.17, 15) is 4.79 Å². The molecule has 0 amide bonds. The van der Waals surface area contributed by atoms with E-state index in [1.165, 1.54) is 0 Å². The molecule has 0 spiro atoms. The lowest BCUT2D eigenvalue weighted by atomic mass is 10.1. The third kappa shape index (κ3) is 4.42. The molecule has 0 N–H and O–H groups in total. The number of ether oxygens (including phenoxy) is 1. The van der Waals surface area contributed by atoms with E-state index >= 15 is 0 Å². The molecule has 144 valence electrons. The normalized spacial score (nSPS) is 11.4. The molecular formula is C22H22BrN3O2. The molecule has 3 rings (SSSR count). The van der Waals surface area contributed by atoms with Gasteiger partial charge in [0.25, 0.3) is 0 Å². The van der Waals surface area contributed by atoms with Gasteiger partial charge in [-0.3, -0.25) is 9.48 Å². The molecule has 0 unspecified atom stereocenters. The maximum Gasteiger partial charge on any atom is 0.310 e. The SMILES string of the molecule is [C-]#[N+]c1cccc(Br)c1Cn1nc(C)c2ccc(CC(=O)OC(C)(C)C)cc21. The smallest absolute Gasteiger partial charge is 0.310 e. The number of rotatable bonds is 4. The van der Waals surface area contributed by atoms with Crippen LogP contribution in [0.15, 0.2) is 40.9 Å². The van der Waals surface area contributed by atoms with Gasteiger partial charge in [0.05, 0.1) is 30.7 Å². The minimum absolute atomic E-state index is 0.208. The molecule has 0 radical (unpaired) electrons. The van der Waals surface area contributed by atoms with Crippen LogP contribution in [0.25, 0.3) is 15.7 Å². The summed E-state index contributed by atoms with van der Waals surface area (Å²) in [5.74, 6) is -0.254. The van der Waals surface area contributed by atoms with Crippen LogP contribution in [-0.4, -0.2) is 21.4 Å². The van der Waals surface area contributed by atoms with Crippen LogP contribution in [0, 0.1) is 13.5 Å². The van der Waals surface area contributed by atoms with Crippen molar-refractivity contribution in [2.24, 2.45) is 0 Å². The van der Waals surface area contributed by atoms with Gasteiger partial charge < -0.3 is 4.74 Å². The maximum absolute atomic E-state index is 12.2. The summed E-state index contributed by atoms with van der Waals surface area (Å²) in [6.45, 7) is 15.4. The largest absolute Gasteiger partial charge is 0.460 e. The van der Waals surface area contributed by atoms with Crippen LogP contribution in [-0.2, 0) is 22.5 Å². The third-order valence-corrected chi connectivity index (χ3v) is 5.03. The van der Waals surface area contributed by atoms with Gasteiger partial charge in [-0.2, -0.15) is 5.10 Å². The van der Waals surface area contributed by atoms with Crippen molar-refractivity contribution in [1.29, 1.82) is 0 Å². The van der Waals surface area contributed by atoms with E-state index in [-0.39, 0.29) is 12.4 Å². The minimum Gasteiger partial charge on any atom is -0.460 e. The van der Waals surface area contributed by atoms with Crippen molar-refractivity contribution >= 4 is 38.5 Å². The molecule has 28 heavy (non-hydrogen) atoms. The lowest BCUT2D eigenvalue weighted by molar-refractivity contribution is -0.153. The van der Waals surface area contributed by atoms with Crippen molar-refractivity contribution in [2.45, 2.75) is 46.3 Å². The molecule has 0 aliphatic heterocycles. The predicted octanol–water partition coefficient (Wildman–Crippen LogP) is 5.59. The molecule has 2 aromatic carbocycles. The Morgan fingerprint density at radius 3 is 2.71 bits per heavy atom. The number of halogens is 1. The summed E-state index contributed by atoms with van der Waals surface area (Å²) < 4.78 is 8.20. The number of hydrogen-bond acceptors (Lipinski definition) is 3. The second-order valence-electron chi connectivity index (χ2n) is 7.71. The summed E-state index contributed by atoms with van der Waals surface area (Å²) in [4.78, 5) is 15.8. The average Bonchev–Trinajstić information content (AvgIpc) is 2.90. The van der Waals surface area contributed by atoms with Gasteiger partial charge in [-0.1, -0.05) is 46.3 Å². The second-order valence-corrected chi connectivity index (χ2v) is 8.56. The fourth-order valence-corrected chi connectivity index (χ4v) is 3.60. The van der Waals surface area contributed by atoms with Crippen molar-refractivity contribution < 1.29 is 9.53 Å². The highest BCUT2D eigenvalue weighted by atomic mass is 79.9. The Bertz CT molecular complexity index is 1090. The Labute approximate surface area is 173 Å². The Hall–Kier alpha value is -2.65. The van der Waals surface area contributed by atoms with E-state index in [1.54, 1.807) is 6.07 Å². The average molecular weight is 440 g/mol. The molecule has 0 aliphatic rings. The van der Waals surface area contributed by atoms with Crippen LogP contribution in [0.3, 0.4) is 0 Å². The van der Waals surface area contributed by atoms with Gasteiger partial charge in [0.2, 0.25) is 0 Å². The lowest BCUT2D eigenvalue weighted by Crippen LogP contribution is -2.24. The number of aryl methyl sites for hydroxylation is 1. The Balaban J connectivity index is 1.96. The van der Waals surface area contributed by atoms with E-state index in [0.717, 1.165) is 32.2 Å². The Morgan fingerprint density at radius 2 is 2.04 bits per heavy atom. The lowest BCUT2D eigenvalue weighted by Gasteiger charge is -2.19. The van der Waals surface area contributed by atoms with E-state index in [4.69, 9.17) is 11.3 Å². The van der Waals surface area contributed by atoms with Crippen LogP contribution < -0.4 is 0 Å². The topological polar surface area (TPSA) is 48.5 Å². The fraction of sp³-hybridized carbons (Fsp3) is 0.318. The van der Waals surface area contributed by atoms with Crippen LogP contribution in [0.5, 0.6) is 0 Å². The molecule has 1 aromatic heterocycles. The van der Waals surface area contributed by atoms with Gasteiger partial charge in [-0.15, -0.1) is 0 Å². The van der Waals surface area contributed by atoms with Crippen molar-refractivity contribution in [1.82, 2.24) is 9.78 Å². The summed E-state index contributed by atoms with van der Waals surface area (Å²) in [6, 6.07) is 11.5. The Kier molecular flexibility index (Phi) is 5.57. The number of esters is 1. The van der Waals surface area contributed by atoms with Crippen molar-refractivity contribution in [3.8, 4) is 0 Å². The molecule has 0 bridgehead atoms. The number of hydrogen-bond donors (Lipinski definition) is 0. The second kappa shape index (κ2) is 7.76. The highest BCUT2D eigenvalue weighted by Crippen LogP contribution is 2.30. The first kappa shape index (κ1) is 20.1. The van der Waals surface area contributed by atoms with Crippen LogP contribution in [0.2, 0.25) is 0 Å². The summed E-state index contributed by atoms with van der Waals surface area (Å²) in [6.07, 6.45) is 0.208. The van der Waals surface area contributed by atoms with Crippen LogP contribution in [0.4, 0.5) is 5.69 Å². The molecule has 0 fully saturated rings. The predicted molar refractivity (Wildman–Crippen MR) is 114 cm³/mol. The first-order valence-electron chi connectivity index (χ1n) is 9.00. The molecular weight excluding hydrogens is 418 g/mol. The quantitative estimate of drug-likeness (QED) is 0.393. The van der Waals surface area contributed by atoms with Crippen molar-refractivity contribution in [3.05, 3.63) is 69.1 Å². The molecule has 0 saturated carbocycles. The van der Waals surface area contributed by atoms with Gasteiger partial charge in [0, 0.05) is 9.86 Å². The van der Waals surface area contributed by atoms with Gasteiger partial charge in [0.1, 0.15) is 5.60 Å². The van der Waals surface area contributed by atoms with E-state index in [2.05, 4.69) is 25.9 Å². The van der Waals surface area contributed by atoms with Crippen LogP contribution >= 0.6 is 15.9 Å². The van der Waals surface area contributed by atoms with Gasteiger partial charge in [-0.25, -0.2) is 4.85 Å². The van der Waals surface area contributed by atoms with Gasteiger partial charge in [-0.05, 0) is 44.9 Å². The number of aromatic nitrogens is 2. The first-order chi connectivity index (χ1) is 13.2. The highest BCUT2D eigenvalue weighted by Gasteiger charge is 2.18. The summed E-state index contributed by atoms with van der Waals surface area (Å²) in [5, 5.41) is 5.69. The summed E-state index contributed by atoms with van der Waals surface area (Å²) in [5.41, 5.74) is 3.70. The first-order valence-corrected chi connectivity index (χ1v) is 9.80. The molecule has 6 heteroatoms. The summed E-state index contributed by atoms with van der Waals surface area (Å²) in [7, 11) is 0. The third-order valence-electron chi connectivity index (χ3n) is 4.29. The number of fused-ring (bicyclic) bond motifs is 1. The number of nitrogens with zero attached hydrogens (tertiary/aromatic N) is 3. The van der Waals surface area contributed by atoms with Gasteiger partial charge in [0.15, 0.2) is 5.69 Å². The minimum atomic E-state index is -0.505. The van der Waals surface area contributed by atoms with Crippen molar-refractivity contribution in [3.63, 3.8) is 0 Å². The zero-order valence-electron chi connectivity index (χ0n) is 16.4. The molecule has 0 aliphatic carbocycles. The fourth-order valence-electron chi connectivity index (χ4n) is 3.12. The van der Waals surface area contributed by atoms with E-state index < -0.39 is 5.60 Å². The van der Waals surface area contributed by atoms with E-state index in [1.807, 2.05) is 62.7 Å². The summed E-state index contributed by atoms with van der Waals surface area (Å²) >= 11 is 3.55. The number of benzene rings is 2. The number of carbonyl (C=O) groups excluding carboxylic acids is 1. The molecule has 0 atom stereocenters. The molecule has 0 saturated heterocycles. The number of carbonyl (C=O) groups is 1. The van der Waals surface area contributed by atoms with Crippen LogP contribution in [0.1, 0.15) is 37.6 Å². The van der Waals surface area contributed by atoms with Crippen molar-refractivity contribution in [2.75, 3.05) is 0 Å². The molecule has 1 heterocycles. The van der Waals surface area contributed by atoms with Gasteiger partial charge >= 0.3 is 5.97 Å². The molecule has 5 nitrogen and oxygen atoms in total.